The van der Waals surface area contributed by atoms with E-state index in [-0.39, 0.29) is 43.0 Å². The summed E-state index contributed by atoms with van der Waals surface area (Å²) in [5.74, 6) is 0.922. The highest BCUT2D eigenvalue weighted by molar-refractivity contribution is 5.98. The van der Waals surface area contributed by atoms with Crippen LogP contribution in [0.2, 0.25) is 0 Å². The van der Waals surface area contributed by atoms with E-state index < -0.39 is 0 Å². The summed E-state index contributed by atoms with van der Waals surface area (Å²) < 4.78 is 5.07. The zero-order valence-corrected chi connectivity index (χ0v) is 17.4. The molecule has 0 fully saturated rings. The lowest BCUT2D eigenvalue weighted by Crippen LogP contribution is -2.32. The summed E-state index contributed by atoms with van der Waals surface area (Å²) >= 11 is 0. The number of nitrogens with one attached hydrogen (secondary N) is 1. The molecule has 0 spiro atoms. The van der Waals surface area contributed by atoms with Gasteiger partial charge in [-0.3, -0.25) is 9.59 Å². The first-order valence-corrected chi connectivity index (χ1v) is 9.20. The second-order valence-corrected chi connectivity index (χ2v) is 6.88. The lowest BCUT2D eigenvalue weighted by atomic mass is 9.99. The van der Waals surface area contributed by atoms with Gasteiger partial charge in [-0.25, -0.2) is 0 Å². The quantitative estimate of drug-likeness (QED) is 0.618. The highest BCUT2D eigenvalue weighted by Crippen LogP contribution is 2.17. The Kier molecular flexibility index (Phi) is 9.69. The number of nitrogens with two attached hydrogens (primary N) is 1. The van der Waals surface area contributed by atoms with Crippen molar-refractivity contribution in [1.82, 2.24) is 5.32 Å². The summed E-state index contributed by atoms with van der Waals surface area (Å²) in [4.78, 5) is 24.2. The molecule has 1 amide bonds. The minimum absolute atomic E-state index is 0. The molecule has 0 bridgehead atoms. The van der Waals surface area contributed by atoms with Crippen molar-refractivity contribution in [2.75, 3.05) is 13.7 Å². The first-order chi connectivity index (χ1) is 12.9. The Balaban J connectivity index is 0.00000392. The van der Waals surface area contributed by atoms with Gasteiger partial charge in [-0.05, 0) is 41.3 Å². The maximum Gasteiger partial charge on any atom is 0.220 e. The normalized spacial score (nSPS) is 11.5. The molecule has 2 rings (SSSR count). The molecule has 6 heteroatoms. The third kappa shape index (κ3) is 6.98. The van der Waals surface area contributed by atoms with Gasteiger partial charge in [0.15, 0.2) is 5.78 Å². The zero-order chi connectivity index (χ0) is 19.8. The smallest absolute Gasteiger partial charge is 0.220 e. The van der Waals surface area contributed by atoms with Crippen LogP contribution in [0.15, 0.2) is 48.5 Å². The van der Waals surface area contributed by atoms with Crippen LogP contribution in [0.4, 0.5) is 0 Å². The minimum Gasteiger partial charge on any atom is -0.497 e. The molecule has 28 heavy (non-hydrogen) atoms. The molecule has 0 saturated heterocycles. The number of carbonyl (C=O) groups excluding carboxylic acids is 2. The van der Waals surface area contributed by atoms with E-state index in [0.717, 1.165) is 5.56 Å². The van der Waals surface area contributed by atoms with Gasteiger partial charge in [0, 0.05) is 31.0 Å². The molecule has 3 N–H and O–H groups in total. The van der Waals surface area contributed by atoms with Gasteiger partial charge in [-0.2, -0.15) is 0 Å². The molecule has 5 nitrogen and oxygen atoms in total. The van der Waals surface area contributed by atoms with E-state index in [1.807, 2.05) is 12.1 Å². The molecule has 0 aromatic heterocycles. The summed E-state index contributed by atoms with van der Waals surface area (Å²) in [7, 11) is 1.57. The zero-order valence-electron chi connectivity index (χ0n) is 16.6. The van der Waals surface area contributed by atoms with Crippen LogP contribution in [0.3, 0.4) is 0 Å². The Morgan fingerprint density at radius 2 is 1.54 bits per heavy atom. The van der Waals surface area contributed by atoms with E-state index >= 15 is 0 Å². The number of methoxy groups -OCH3 is 1. The molecule has 1 atom stereocenters. The molecule has 0 aliphatic rings. The molecule has 1 unspecified atom stereocenters. The van der Waals surface area contributed by atoms with E-state index in [2.05, 4.69) is 31.3 Å². The average molecular weight is 405 g/mol. The maximum absolute atomic E-state index is 12.1. The summed E-state index contributed by atoms with van der Waals surface area (Å²) in [5, 5.41) is 2.81. The first-order valence-electron chi connectivity index (χ1n) is 9.20. The molecule has 0 aliphatic carbocycles. The van der Waals surface area contributed by atoms with Crippen molar-refractivity contribution in [3.05, 3.63) is 65.2 Å². The SMILES string of the molecule is COc1ccc(C(=O)CCC(=O)NCC(N)c2ccc(C(C)C)cc2)cc1.Cl. The van der Waals surface area contributed by atoms with Gasteiger partial charge in [0.05, 0.1) is 7.11 Å². The molecule has 2 aromatic carbocycles. The van der Waals surface area contributed by atoms with Crippen molar-refractivity contribution in [1.29, 1.82) is 0 Å². The number of Topliss-reactive ketones (excluding diaryl/α,β-unsaturated/α-hetero) is 1. The number of carbonyl (C=O) groups is 2. The Morgan fingerprint density at radius 3 is 2.07 bits per heavy atom. The lowest BCUT2D eigenvalue weighted by molar-refractivity contribution is -0.121. The lowest BCUT2D eigenvalue weighted by Gasteiger charge is -2.14. The van der Waals surface area contributed by atoms with E-state index in [9.17, 15) is 9.59 Å². The van der Waals surface area contributed by atoms with Crippen molar-refractivity contribution < 1.29 is 14.3 Å². The van der Waals surface area contributed by atoms with Crippen LogP contribution < -0.4 is 15.8 Å². The van der Waals surface area contributed by atoms with Crippen LogP contribution >= 0.6 is 12.4 Å². The van der Waals surface area contributed by atoms with Crippen molar-refractivity contribution in [2.24, 2.45) is 5.73 Å². The Bertz CT molecular complexity index is 758. The predicted octanol–water partition coefficient (Wildman–Crippen LogP) is 4.02. The highest BCUT2D eigenvalue weighted by Gasteiger charge is 2.12. The maximum atomic E-state index is 12.1. The molecular weight excluding hydrogens is 376 g/mol. The molecule has 0 heterocycles. The van der Waals surface area contributed by atoms with Crippen LogP contribution in [-0.4, -0.2) is 25.3 Å². The molecule has 152 valence electrons. The standard InChI is InChI=1S/C22H28N2O3.ClH/c1-15(2)16-4-6-17(7-5-16)20(23)14-24-22(26)13-12-21(25)18-8-10-19(27-3)11-9-18;/h4-11,15,20H,12-14,23H2,1-3H3,(H,24,26);1H. The number of benzene rings is 2. The van der Waals surface area contributed by atoms with Crippen molar-refractivity contribution in [2.45, 2.75) is 38.6 Å². The second kappa shape index (κ2) is 11.5. The Morgan fingerprint density at radius 1 is 0.964 bits per heavy atom. The second-order valence-electron chi connectivity index (χ2n) is 6.88. The molecule has 2 aromatic rings. The monoisotopic (exact) mass is 404 g/mol. The number of ether oxygens (including phenoxy) is 1. The van der Waals surface area contributed by atoms with Crippen molar-refractivity contribution >= 4 is 24.1 Å². The Labute approximate surface area is 173 Å². The number of ketones is 1. The predicted molar refractivity (Wildman–Crippen MR) is 114 cm³/mol. The van der Waals surface area contributed by atoms with Gasteiger partial charge in [-0.1, -0.05) is 38.1 Å². The number of halogens is 1. The van der Waals surface area contributed by atoms with E-state index in [1.165, 1.54) is 5.56 Å². The first kappa shape index (κ1) is 23.7. The van der Waals surface area contributed by atoms with Gasteiger partial charge < -0.3 is 15.8 Å². The molecule has 0 radical (unpaired) electrons. The topological polar surface area (TPSA) is 81.4 Å². The van der Waals surface area contributed by atoms with Crippen molar-refractivity contribution in [3.63, 3.8) is 0 Å². The van der Waals surface area contributed by atoms with Gasteiger partial charge >= 0.3 is 0 Å². The number of amides is 1. The van der Waals surface area contributed by atoms with Gasteiger partial charge in [0.2, 0.25) is 5.91 Å². The van der Waals surface area contributed by atoms with Crippen LogP contribution in [0.25, 0.3) is 0 Å². The number of hydrogen-bond acceptors (Lipinski definition) is 4. The van der Waals surface area contributed by atoms with Crippen LogP contribution in [0.5, 0.6) is 5.75 Å². The fraction of sp³-hybridized carbons (Fsp3) is 0.364. The number of hydrogen-bond donors (Lipinski definition) is 2. The fourth-order valence-corrected chi connectivity index (χ4v) is 2.71. The summed E-state index contributed by atoms with van der Waals surface area (Å²) in [6, 6.07) is 14.7. The van der Waals surface area contributed by atoms with Crippen molar-refractivity contribution in [3.8, 4) is 5.75 Å². The molecule has 0 aliphatic heterocycles. The van der Waals surface area contributed by atoms with E-state index in [1.54, 1.807) is 31.4 Å². The van der Waals surface area contributed by atoms with Gasteiger partial charge in [-0.15, -0.1) is 12.4 Å². The van der Waals surface area contributed by atoms with E-state index in [4.69, 9.17) is 10.5 Å². The third-order valence-electron chi connectivity index (χ3n) is 4.54. The molecule has 0 saturated carbocycles. The largest absolute Gasteiger partial charge is 0.497 e. The minimum atomic E-state index is -0.271. The summed E-state index contributed by atoms with van der Waals surface area (Å²) in [5.41, 5.74) is 8.96. The van der Waals surface area contributed by atoms with Gasteiger partial charge in [0.25, 0.3) is 0 Å². The highest BCUT2D eigenvalue weighted by atomic mass is 35.5. The van der Waals surface area contributed by atoms with Crippen LogP contribution in [0, 0.1) is 0 Å². The van der Waals surface area contributed by atoms with Crippen LogP contribution in [0.1, 0.15) is 60.1 Å². The third-order valence-corrected chi connectivity index (χ3v) is 4.54. The fourth-order valence-electron chi connectivity index (χ4n) is 2.71. The van der Waals surface area contributed by atoms with Gasteiger partial charge in [0.1, 0.15) is 5.75 Å². The average Bonchev–Trinajstić information content (AvgIpc) is 2.70. The summed E-state index contributed by atoms with van der Waals surface area (Å²) in [6.07, 6.45) is 0.306. The van der Waals surface area contributed by atoms with E-state index in [0.29, 0.717) is 23.8 Å². The Hall–Kier alpha value is -2.37. The van der Waals surface area contributed by atoms with Crippen LogP contribution in [-0.2, 0) is 4.79 Å². The summed E-state index contributed by atoms with van der Waals surface area (Å²) in [6.45, 7) is 4.63. The molecular formula is C22H29ClN2O3. The number of rotatable bonds is 9.